The first-order valence-electron chi connectivity index (χ1n) is 9.47. The van der Waals surface area contributed by atoms with Crippen molar-refractivity contribution in [3.63, 3.8) is 0 Å². The Morgan fingerprint density at radius 1 is 1.03 bits per heavy atom. The van der Waals surface area contributed by atoms with E-state index in [4.69, 9.17) is 23.2 Å². The summed E-state index contributed by atoms with van der Waals surface area (Å²) in [5.74, 6) is 0.326. The molecular weight excluding hydrogens is 411 g/mol. The summed E-state index contributed by atoms with van der Waals surface area (Å²) in [5.41, 5.74) is 1.63. The van der Waals surface area contributed by atoms with E-state index in [0.29, 0.717) is 28.8 Å². The predicted molar refractivity (Wildman–Crippen MR) is 113 cm³/mol. The normalized spacial score (nSPS) is 13.4. The van der Waals surface area contributed by atoms with Crippen molar-refractivity contribution in [3.8, 4) is 11.4 Å². The lowest BCUT2D eigenvalue weighted by Gasteiger charge is -2.05. The molecule has 0 radical (unpaired) electrons. The lowest BCUT2D eigenvalue weighted by molar-refractivity contribution is -0.121. The SMILES string of the molecule is O=C(Cn1nc(-c2ccc(Cl)cc2)n(C2CC2)c1=O)NCCc1ccc(Cl)cc1. The Hall–Kier alpha value is -2.57. The molecule has 0 spiro atoms. The topological polar surface area (TPSA) is 68.9 Å². The molecule has 1 aliphatic rings. The molecule has 1 aliphatic carbocycles. The summed E-state index contributed by atoms with van der Waals surface area (Å²) in [6.07, 6.45) is 2.57. The average Bonchev–Trinajstić information content (AvgIpc) is 3.49. The van der Waals surface area contributed by atoms with Crippen LogP contribution in [0, 0.1) is 0 Å². The monoisotopic (exact) mass is 430 g/mol. The van der Waals surface area contributed by atoms with Gasteiger partial charge in [0.15, 0.2) is 5.82 Å². The van der Waals surface area contributed by atoms with Crippen molar-refractivity contribution in [2.45, 2.75) is 31.8 Å². The van der Waals surface area contributed by atoms with Gasteiger partial charge >= 0.3 is 5.69 Å². The van der Waals surface area contributed by atoms with Crippen LogP contribution in [0.4, 0.5) is 0 Å². The molecule has 0 saturated heterocycles. The number of aromatic nitrogens is 3. The summed E-state index contributed by atoms with van der Waals surface area (Å²) < 4.78 is 2.92. The van der Waals surface area contributed by atoms with Crippen LogP contribution in [0.2, 0.25) is 10.0 Å². The van der Waals surface area contributed by atoms with Gasteiger partial charge in [-0.2, -0.15) is 0 Å². The molecular formula is C21H20Cl2N4O2. The molecule has 150 valence electrons. The highest BCUT2D eigenvalue weighted by Crippen LogP contribution is 2.36. The Labute approximate surface area is 178 Å². The quantitative estimate of drug-likeness (QED) is 0.620. The zero-order valence-corrected chi connectivity index (χ0v) is 17.2. The molecule has 6 nitrogen and oxygen atoms in total. The summed E-state index contributed by atoms with van der Waals surface area (Å²) in [6.45, 7) is 0.363. The minimum absolute atomic E-state index is 0.111. The second-order valence-corrected chi connectivity index (χ2v) is 7.97. The van der Waals surface area contributed by atoms with Crippen LogP contribution < -0.4 is 11.0 Å². The number of halogens is 2. The maximum Gasteiger partial charge on any atom is 0.346 e. The Balaban J connectivity index is 1.45. The zero-order chi connectivity index (χ0) is 20.4. The standard InChI is InChI=1S/C21H20Cl2N4O2/c22-16-5-1-14(2-6-16)11-12-24-19(28)13-26-21(29)27(18-9-10-18)20(25-26)15-3-7-17(23)8-4-15/h1-8,18H,9-13H2,(H,24,28). The molecule has 8 heteroatoms. The van der Waals surface area contributed by atoms with E-state index < -0.39 is 0 Å². The van der Waals surface area contributed by atoms with E-state index in [2.05, 4.69) is 10.4 Å². The molecule has 1 heterocycles. The first-order valence-corrected chi connectivity index (χ1v) is 10.2. The molecule has 0 aliphatic heterocycles. The van der Waals surface area contributed by atoms with Crippen LogP contribution >= 0.6 is 23.2 Å². The second kappa shape index (κ2) is 8.43. The van der Waals surface area contributed by atoms with Crippen molar-refractivity contribution >= 4 is 29.1 Å². The van der Waals surface area contributed by atoms with Crippen LogP contribution in [0.3, 0.4) is 0 Å². The molecule has 1 fully saturated rings. The molecule has 0 bridgehead atoms. The number of nitrogens with zero attached hydrogens (tertiary/aromatic N) is 3. The molecule has 0 atom stereocenters. The Bertz CT molecular complexity index is 1070. The van der Waals surface area contributed by atoms with E-state index in [1.54, 1.807) is 16.7 Å². The van der Waals surface area contributed by atoms with Crippen LogP contribution in [-0.4, -0.2) is 26.8 Å². The fourth-order valence-corrected chi connectivity index (χ4v) is 3.42. The maximum atomic E-state index is 12.8. The van der Waals surface area contributed by atoms with Crippen molar-refractivity contribution < 1.29 is 4.79 Å². The number of hydrogen-bond donors (Lipinski definition) is 1. The number of carbonyl (C=O) groups excluding carboxylic acids is 1. The maximum absolute atomic E-state index is 12.8. The fraction of sp³-hybridized carbons (Fsp3) is 0.286. The van der Waals surface area contributed by atoms with Crippen LogP contribution in [0.1, 0.15) is 24.4 Å². The van der Waals surface area contributed by atoms with Crippen molar-refractivity contribution in [2.75, 3.05) is 6.54 Å². The molecule has 2 aromatic carbocycles. The molecule has 1 aromatic heterocycles. The zero-order valence-electron chi connectivity index (χ0n) is 15.6. The van der Waals surface area contributed by atoms with Gasteiger partial charge in [0.1, 0.15) is 6.54 Å². The van der Waals surface area contributed by atoms with Gasteiger partial charge in [-0.3, -0.25) is 9.36 Å². The summed E-state index contributed by atoms with van der Waals surface area (Å²) >= 11 is 11.8. The Morgan fingerprint density at radius 2 is 1.66 bits per heavy atom. The first kappa shape index (κ1) is 19.7. The lowest BCUT2D eigenvalue weighted by atomic mass is 10.1. The minimum Gasteiger partial charge on any atom is -0.354 e. The highest BCUT2D eigenvalue weighted by Gasteiger charge is 2.30. The molecule has 3 aromatic rings. The van der Waals surface area contributed by atoms with Gasteiger partial charge in [0.05, 0.1) is 0 Å². The molecule has 4 rings (SSSR count). The Kier molecular flexibility index (Phi) is 5.74. The number of carbonyl (C=O) groups is 1. The van der Waals surface area contributed by atoms with Gasteiger partial charge in [-0.1, -0.05) is 35.3 Å². The van der Waals surface area contributed by atoms with Crippen molar-refractivity contribution in [1.29, 1.82) is 0 Å². The number of nitrogens with one attached hydrogen (secondary N) is 1. The number of hydrogen-bond acceptors (Lipinski definition) is 3. The van der Waals surface area contributed by atoms with E-state index in [9.17, 15) is 9.59 Å². The van der Waals surface area contributed by atoms with Gasteiger partial charge < -0.3 is 5.32 Å². The summed E-state index contributed by atoms with van der Waals surface area (Å²) in [5, 5.41) is 8.58. The number of rotatable bonds is 7. The predicted octanol–water partition coefficient (Wildman–Crippen LogP) is 3.71. The highest BCUT2D eigenvalue weighted by molar-refractivity contribution is 6.30. The fourth-order valence-electron chi connectivity index (χ4n) is 3.17. The van der Waals surface area contributed by atoms with Gasteiger partial charge in [-0.25, -0.2) is 9.48 Å². The van der Waals surface area contributed by atoms with Crippen LogP contribution in [0.5, 0.6) is 0 Å². The van der Waals surface area contributed by atoms with Crippen LogP contribution in [0.15, 0.2) is 53.3 Å². The molecule has 0 unspecified atom stereocenters. The molecule has 29 heavy (non-hydrogen) atoms. The average molecular weight is 431 g/mol. The van der Waals surface area contributed by atoms with Gasteiger partial charge in [-0.15, -0.1) is 5.10 Å². The smallest absolute Gasteiger partial charge is 0.346 e. The third-order valence-corrected chi connectivity index (χ3v) is 5.33. The van der Waals surface area contributed by atoms with Crippen molar-refractivity contribution in [3.05, 3.63) is 74.6 Å². The van der Waals surface area contributed by atoms with Crippen molar-refractivity contribution in [1.82, 2.24) is 19.7 Å². The van der Waals surface area contributed by atoms with E-state index in [1.165, 1.54) is 4.68 Å². The van der Waals surface area contributed by atoms with Crippen molar-refractivity contribution in [2.24, 2.45) is 0 Å². The van der Waals surface area contributed by atoms with E-state index in [-0.39, 0.29) is 24.2 Å². The molecule has 1 N–H and O–H groups in total. The summed E-state index contributed by atoms with van der Waals surface area (Å²) in [7, 11) is 0. The number of benzene rings is 2. The van der Waals surface area contributed by atoms with Crippen LogP contribution in [-0.2, 0) is 17.8 Å². The molecule has 1 amide bonds. The molecule has 1 saturated carbocycles. The third-order valence-electron chi connectivity index (χ3n) is 4.83. The van der Waals surface area contributed by atoms with Gasteiger partial charge in [-0.05, 0) is 61.2 Å². The Morgan fingerprint density at radius 3 is 2.28 bits per heavy atom. The van der Waals surface area contributed by atoms with E-state index >= 15 is 0 Å². The summed E-state index contributed by atoms with van der Waals surface area (Å²) in [6, 6.07) is 14.8. The van der Waals surface area contributed by atoms with E-state index in [0.717, 1.165) is 24.0 Å². The van der Waals surface area contributed by atoms with Crippen LogP contribution in [0.25, 0.3) is 11.4 Å². The third kappa shape index (κ3) is 4.71. The first-order chi connectivity index (χ1) is 14.0. The van der Waals surface area contributed by atoms with Gasteiger partial charge in [0.25, 0.3) is 0 Å². The minimum atomic E-state index is -0.259. The highest BCUT2D eigenvalue weighted by atomic mass is 35.5. The van der Waals surface area contributed by atoms with E-state index in [1.807, 2.05) is 36.4 Å². The van der Waals surface area contributed by atoms with Gasteiger partial charge in [0, 0.05) is 28.2 Å². The summed E-state index contributed by atoms with van der Waals surface area (Å²) in [4.78, 5) is 25.2. The van der Waals surface area contributed by atoms with Gasteiger partial charge in [0.2, 0.25) is 5.91 Å². The number of amides is 1. The largest absolute Gasteiger partial charge is 0.354 e. The second-order valence-electron chi connectivity index (χ2n) is 7.10. The lowest BCUT2D eigenvalue weighted by Crippen LogP contribution is -2.34.